The number of aromatic nitrogens is 1. The van der Waals surface area contributed by atoms with E-state index in [0.717, 1.165) is 25.3 Å². The molecule has 1 rings (SSSR count). The number of rotatable bonds is 5. The van der Waals surface area contributed by atoms with Gasteiger partial charge in [0.25, 0.3) is 0 Å². The molecule has 3 nitrogen and oxygen atoms in total. The summed E-state index contributed by atoms with van der Waals surface area (Å²) in [6.07, 6.45) is -1.35. The second kappa shape index (κ2) is 6.85. The van der Waals surface area contributed by atoms with Crippen molar-refractivity contribution in [3.05, 3.63) is 29.3 Å². The molecule has 1 aromatic rings. The summed E-state index contributed by atoms with van der Waals surface area (Å²) in [7, 11) is 0. The van der Waals surface area contributed by atoms with E-state index in [0.29, 0.717) is 11.8 Å². The van der Waals surface area contributed by atoms with Gasteiger partial charge in [0.15, 0.2) is 11.5 Å². The zero-order chi connectivity index (χ0) is 14.5. The van der Waals surface area contributed by atoms with E-state index >= 15 is 0 Å². The van der Waals surface area contributed by atoms with Crippen molar-refractivity contribution >= 4 is 17.6 Å². The highest BCUT2D eigenvalue weighted by Gasteiger charge is 2.35. The van der Waals surface area contributed by atoms with Gasteiger partial charge < -0.3 is 4.55 Å². The highest BCUT2D eigenvalue weighted by molar-refractivity contribution is 7.90. The molecule has 0 unspecified atom stereocenters. The Kier molecular flexibility index (Phi) is 5.74. The molecule has 1 atom stereocenters. The molecule has 106 valence electrons. The third kappa shape index (κ3) is 5.15. The smallest absolute Gasteiger partial charge is 0.436 e. The van der Waals surface area contributed by atoms with Crippen molar-refractivity contribution in [2.24, 2.45) is 4.40 Å². The van der Waals surface area contributed by atoms with E-state index < -0.39 is 29.0 Å². The van der Waals surface area contributed by atoms with E-state index in [2.05, 4.69) is 9.38 Å². The van der Waals surface area contributed by atoms with Crippen molar-refractivity contribution < 1.29 is 22.1 Å². The lowest BCUT2D eigenvalue weighted by Crippen LogP contribution is -2.11. The first-order chi connectivity index (χ1) is 8.84. The number of halogens is 4. The Hall–Kier alpha value is -1.15. The van der Waals surface area contributed by atoms with Gasteiger partial charge in [-0.25, -0.2) is 9.37 Å². The quantitative estimate of drug-likeness (QED) is 0.476. The topological polar surface area (TPSA) is 48.3 Å². The molecule has 0 N–H and O–H groups in total. The SMILES string of the molecule is CCCC[S@+]([O-])/N=C/c1cnc(C(F)(F)F)c(F)c1. The van der Waals surface area contributed by atoms with Gasteiger partial charge in [0, 0.05) is 11.8 Å². The van der Waals surface area contributed by atoms with Crippen LogP contribution in [0.2, 0.25) is 0 Å². The maximum Gasteiger partial charge on any atom is 0.436 e. The summed E-state index contributed by atoms with van der Waals surface area (Å²) in [5, 5.41) is 0. The van der Waals surface area contributed by atoms with Gasteiger partial charge in [0.2, 0.25) is 0 Å². The Labute approximate surface area is 111 Å². The predicted octanol–water partition coefficient (Wildman–Crippen LogP) is 3.12. The molecule has 0 saturated carbocycles. The van der Waals surface area contributed by atoms with Crippen molar-refractivity contribution in [3.63, 3.8) is 0 Å². The van der Waals surface area contributed by atoms with Crippen molar-refractivity contribution in [3.8, 4) is 0 Å². The number of nitrogens with zero attached hydrogens (tertiary/aromatic N) is 2. The van der Waals surface area contributed by atoms with Crippen LogP contribution in [-0.2, 0) is 17.5 Å². The molecule has 0 aromatic carbocycles. The molecule has 19 heavy (non-hydrogen) atoms. The maximum atomic E-state index is 13.2. The third-order valence-electron chi connectivity index (χ3n) is 2.12. The summed E-state index contributed by atoms with van der Waals surface area (Å²) in [4.78, 5) is 3.00. The van der Waals surface area contributed by atoms with E-state index in [1.165, 1.54) is 0 Å². The van der Waals surface area contributed by atoms with Crippen LogP contribution in [0.25, 0.3) is 0 Å². The highest BCUT2D eigenvalue weighted by atomic mass is 32.2. The van der Waals surface area contributed by atoms with Crippen LogP contribution in [0, 0.1) is 5.82 Å². The standard InChI is InChI=1S/C11H12F4N2OS/c1-2-3-4-19(18)17-7-8-5-9(12)10(16-6-8)11(13,14)15/h5-7H,2-4H2,1H3/b17-7+/t19-/m0/s1. The van der Waals surface area contributed by atoms with Gasteiger partial charge in [-0.2, -0.15) is 13.2 Å². The summed E-state index contributed by atoms with van der Waals surface area (Å²) in [5.74, 6) is -1.11. The van der Waals surface area contributed by atoms with Crippen molar-refractivity contribution in [1.82, 2.24) is 4.98 Å². The highest BCUT2D eigenvalue weighted by Crippen LogP contribution is 2.29. The fourth-order valence-electron chi connectivity index (χ4n) is 1.17. The molecular weight excluding hydrogens is 284 g/mol. The lowest BCUT2D eigenvalue weighted by Gasteiger charge is -2.06. The minimum atomic E-state index is -4.83. The van der Waals surface area contributed by atoms with Gasteiger partial charge in [-0.15, -0.1) is 0 Å². The summed E-state index contributed by atoms with van der Waals surface area (Å²) in [5.41, 5.74) is -1.54. The Morgan fingerprint density at radius 1 is 1.47 bits per heavy atom. The fraction of sp³-hybridized carbons (Fsp3) is 0.455. The number of hydrogen-bond donors (Lipinski definition) is 0. The van der Waals surface area contributed by atoms with Crippen molar-refractivity contribution in [2.45, 2.75) is 25.9 Å². The monoisotopic (exact) mass is 296 g/mol. The zero-order valence-corrected chi connectivity index (χ0v) is 10.9. The van der Waals surface area contributed by atoms with E-state index in [9.17, 15) is 22.1 Å². The van der Waals surface area contributed by atoms with Gasteiger partial charge >= 0.3 is 6.18 Å². The largest absolute Gasteiger partial charge is 0.591 e. The van der Waals surface area contributed by atoms with E-state index in [4.69, 9.17) is 0 Å². The minimum Gasteiger partial charge on any atom is -0.591 e. The minimum absolute atomic E-state index is 0.0374. The van der Waals surface area contributed by atoms with Gasteiger partial charge in [0.1, 0.15) is 5.75 Å². The number of pyridine rings is 1. The van der Waals surface area contributed by atoms with Crippen LogP contribution in [0.1, 0.15) is 31.0 Å². The normalized spacial score (nSPS) is 14.0. The molecule has 0 spiro atoms. The van der Waals surface area contributed by atoms with E-state index in [1.54, 1.807) is 0 Å². The molecule has 0 bridgehead atoms. The second-order valence-electron chi connectivity index (χ2n) is 3.71. The molecule has 8 heteroatoms. The van der Waals surface area contributed by atoms with E-state index in [1.807, 2.05) is 6.92 Å². The summed E-state index contributed by atoms with van der Waals surface area (Å²) in [6.45, 7) is 1.93. The Morgan fingerprint density at radius 3 is 2.68 bits per heavy atom. The molecule has 0 fully saturated rings. The van der Waals surface area contributed by atoms with Crippen LogP contribution in [0.5, 0.6) is 0 Å². The molecule has 1 aromatic heterocycles. The van der Waals surface area contributed by atoms with Crippen molar-refractivity contribution in [1.29, 1.82) is 0 Å². The lowest BCUT2D eigenvalue weighted by atomic mass is 10.2. The molecule has 0 aliphatic heterocycles. The Balaban J connectivity index is 2.76. The number of hydrogen-bond acceptors (Lipinski definition) is 3. The van der Waals surface area contributed by atoms with E-state index in [-0.39, 0.29) is 5.56 Å². The molecule has 0 aliphatic rings. The first kappa shape index (κ1) is 15.9. The van der Waals surface area contributed by atoms with Gasteiger partial charge in [-0.3, -0.25) is 0 Å². The molecule has 0 radical (unpaired) electrons. The first-order valence-corrected chi connectivity index (χ1v) is 6.77. The summed E-state index contributed by atoms with van der Waals surface area (Å²) >= 11 is -1.45. The fourth-order valence-corrected chi connectivity index (χ4v) is 2.05. The average molecular weight is 296 g/mol. The molecule has 0 aliphatic carbocycles. The van der Waals surface area contributed by atoms with Crippen LogP contribution >= 0.6 is 0 Å². The second-order valence-corrected chi connectivity index (χ2v) is 4.97. The van der Waals surface area contributed by atoms with Gasteiger partial charge in [-0.05, 0) is 12.5 Å². The summed E-state index contributed by atoms with van der Waals surface area (Å²) in [6, 6.07) is 0.663. The van der Waals surface area contributed by atoms with Crippen LogP contribution < -0.4 is 0 Å². The van der Waals surface area contributed by atoms with Crippen LogP contribution in [0.4, 0.5) is 17.6 Å². The number of unbranched alkanes of at least 4 members (excludes halogenated alkanes) is 1. The predicted molar refractivity (Wildman–Crippen MR) is 64.7 cm³/mol. The van der Waals surface area contributed by atoms with Gasteiger partial charge in [0.05, 0.1) is 17.6 Å². The van der Waals surface area contributed by atoms with Crippen LogP contribution in [0.3, 0.4) is 0 Å². The molecular formula is C11H12F4N2OS. The Morgan fingerprint density at radius 2 is 2.16 bits per heavy atom. The van der Waals surface area contributed by atoms with Crippen LogP contribution in [0.15, 0.2) is 16.7 Å². The maximum absolute atomic E-state index is 13.2. The van der Waals surface area contributed by atoms with Crippen molar-refractivity contribution in [2.75, 3.05) is 5.75 Å². The third-order valence-corrected chi connectivity index (χ3v) is 3.10. The lowest BCUT2D eigenvalue weighted by molar-refractivity contribution is -0.143. The number of alkyl halides is 3. The Bertz CT molecular complexity index is 451. The zero-order valence-electron chi connectivity index (χ0n) is 10.1. The van der Waals surface area contributed by atoms with Crippen LogP contribution in [-0.4, -0.2) is 21.5 Å². The average Bonchev–Trinajstić information content (AvgIpc) is 2.32. The molecule has 0 amide bonds. The summed E-state index contributed by atoms with van der Waals surface area (Å²) < 4.78 is 64.8. The molecule has 0 saturated heterocycles. The molecule has 1 heterocycles. The first-order valence-electron chi connectivity index (χ1n) is 5.50. The van der Waals surface area contributed by atoms with Gasteiger partial charge in [-0.1, -0.05) is 17.7 Å².